The number of benzene rings is 1. The molecule has 1 aliphatic heterocycles. The number of hydrogen-bond donors (Lipinski definition) is 1. The number of nitrogens with zero attached hydrogens (tertiary/aromatic N) is 2. The van der Waals surface area contributed by atoms with Crippen molar-refractivity contribution >= 4 is 46.0 Å². The van der Waals surface area contributed by atoms with Crippen molar-refractivity contribution in [2.24, 2.45) is 0 Å². The molecule has 1 aliphatic rings. The molecule has 0 saturated heterocycles. The minimum absolute atomic E-state index is 0.0991. The third-order valence-electron chi connectivity index (χ3n) is 4.40. The first-order valence-corrected chi connectivity index (χ1v) is 9.99. The van der Waals surface area contributed by atoms with Crippen LogP contribution in [0.2, 0.25) is 5.02 Å². The zero-order valence-corrected chi connectivity index (χ0v) is 17.0. The first-order valence-electron chi connectivity index (χ1n) is 8.73. The lowest BCUT2D eigenvalue weighted by molar-refractivity contribution is -0.137. The van der Waals surface area contributed by atoms with Gasteiger partial charge in [-0.3, -0.25) is 19.5 Å². The van der Waals surface area contributed by atoms with Crippen molar-refractivity contribution < 1.29 is 14.3 Å². The predicted molar refractivity (Wildman–Crippen MR) is 113 cm³/mol. The van der Waals surface area contributed by atoms with E-state index in [2.05, 4.69) is 10.3 Å². The predicted octanol–water partition coefficient (Wildman–Crippen LogP) is 4.20. The second-order valence-electron chi connectivity index (χ2n) is 6.22. The van der Waals surface area contributed by atoms with Crippen LogP contribution in [-0.2, 0) is 16.1 Å². The van der Waals surface area contributed by atoms with Gasteiger partial charge in [0.2, 0.25) is 0 Å². The van der Waals surface area contributed by atoms with Crippen molar-refractivity contribution in [1.82, 2.24) is 9.88 Å². The summed E-state index contributed by atoms with van der Waals surface area (Å²) in [4.78, 5) is 32.4. The van der Waals surface area contributed by atoms with Crippen molar-refractivity contribution in [3.8, 4) is 5.75 Å². The number of ether oxygens (including phenoxy) is 1. The first-order chi connectivity index (χ1) is 14.1. The summed E-state index contributed by atoms with van der Waals surface area (Å²) in [5.41, 5.74) is 1.77. The summed E-state index contributed by atoms with van der Waals surface area (Å²) in [7, 11) is 1.53. The quantitative estimate of drug-likeness (QED) is 0.599. The number of hydrogen-bond acceptors (Lipinski definition) is 6. The smallest absolute Gasteiger partial charge is 0.278 e. The van der Waals surface area contributed by atoms with Gasteiger partial charge in [-0.2, -0.15) is 0 Å². The molecule has 1 N–H and O–H groups in total. The van der Waals surface area contributed by atoms with E-state index >= 15 is 0 Å². The number of aromatic nitrogens is 1. The van der Waals surface area contributed by atoms with Crippen LogP contribution in [0.25, 0.3) is 5.57 Å². The maximum atomic E-state index is 13.1. The van der Waals surface area contributed by atoms with Crippen LogP contribution in [-0.4, -0.2) is 28.8 Å². The highest BCUT2D eigenvalue weighted by molar-refractivity contribution is 7.11. The van der Waals surface area contributed by atoms with Crippen molar-refractivity contribution in [3.05, 3.63) is 81.4 Å². The number of pyridine rings is 1. The van der Waals surface area contributed by atoms with Gasteiger partial charge in [0.05, 0.1) is 29.9 Å². The molecule has 0 bridgehead atoms. The summed E-state index contributed by atoms with van der Waals surface area (Å²) in [6.07, 6.45) is 1.63. The number of amides is 2. The number of carbonyl (C=O) groups is 2. The maximum Gasteiger partial charge on any atom is 0.278 e. The Hall–Kier alpha value is -3.16. The fourth-order valence-electron chi connectivity index (χ4n) is 3.03. The molecule has 0 radical (unpaired) electrons. The van der Waals surface area contributed by atoms with Gasteiger partial charge in [-0.25, -0.2) is 0 Å². The molecule has 0 aliphatic carbocycles. The summed E-state index contributed by atoms with van der Waals surface area (Å²) in [5, 5.41) is 5.35. The van der Waals surface area contributed by atoms with E-state index in [1.54, 1.807) is 36.5 Å². The molecule has 1 aromatic carbocycles. The topological polar surface area (TPSA) is 71.5 Å². The Labute approximate surface area is 176 Å². The van der Waals surface area contributed by atoms with E-state index in [0.717, 1.165) is 0 Å². The lowest BCUT2D eigenvalue weighted by atomic mass is 10.2. The molecule has 0 atom stereocenters. The standard InChI is InChI=1S/C21H16ClN3O3S/c1-28-16-8-7-13(11-15(16)22)24-19-18(17-6-4-10-29-17)20(26)25(21(19)27)12-14-5-2-3-9-23-14/h2-11,24H,12H2,1H3. The summed E-state index contributed by atoms with van der Waals surface area (Å²) in [6.45, 7) is 0.0991. The van der Waals surface area contributed by atoms with Gasteiger partial charge in [0.1, 0.15) is 11.4 Å². The van der Waals surface area contributed by atoms with E-state index in [9.17, 15) is 9.59 Å². The minimum atomic E-state index is -0.406. The van der Waals surface area contributed by atoms with E-state index in [-0.39, 0.29) is 18.1 Å². The van der Waals surface area contributed by atoms with E-state index in [0.29, 0.717) is 32.6 Å². The highest BCUT2D eigenvalue weighted by atomic mass is 35.5. The molecule has 3 heterocycles. The molecule has 146 valence electrons. The summed E-state index contributed by atoms with van der Waals surface area (Å²) in [5.74, 6) is -0.239. The molecule has 29 heavy (non-hydrogen) atoms. The molecule has 0 fully saturated rings. The molecule has 0 spiro atoms. The Kier molecular flexibility index (Phi) is 5.33. The van der Waals surface area contributed by atoms with Gasteiger partial charge >= 0.3 is 0 Å². The number of nitrogens with one attached hydrogen (secondary N) is 1. The van der Waals surface area contributed by atoms with Crippen LogP contribution in [0.4, 0.5) is 5.69 Å². The molecule has 2 aromatic heterocycles. The van der Waals surface area contributed by atoms with Crippen LogP contribution in [0.15, 0.2) is 65.8 Å². The van der Waals surface area contributed by atoms with Gasteiger partial charge in [0.25, 0.3) is 11.8 Å². The lowest BCUT2D eigenvalue weighted by Crippen LogP contribution is -2.32. The Morgan fingerprint density at radius 1 is 1.14 bits per heavy atom. The number of methoxy groups -OCH3 is 1. The van der Waals surface area contributed by atoms with Crippen molar-refractivity contribution in [1.29, 1.82) is 0 Å². The Morgan fingerprint density at radius 3 is 2.66 bits per heavy atom. The van der Waals surface area contributed by atoms with Gasteiger partial charge in [0, 0.05) is 16.8 Å². The average Bonchev–Trinajstić information content (AvgIpc) is 3.32. The summed E-state index contributed by atoms with van der Waals surface area (Å²) >= 11 is 7.60. The van der Waals surface area contributed by atoms with Crippen LogP contribution < -0.4 is 10.1 Å². The molecule has 2 amide bonds. The zero-order chi connectivity index (χ0) is 20.4. The van der Waals surface area contributed by atoms with Crippen LogP contribution in [0.3, 0.4) is 0 Å². The van der Waals surface area contributed by atoms with Crippen LogP contribution in [0, 0.1) is 0 Å². The average molecular weight is 426 g/mol. The Morgan fingerprint density at radius 2 is 2.00 bits per heavy atom. The monoisotopic (exact) mass is 425 g/mol. The van der Waals surface area contributed by atoms with E-state index in [1.807, 2.05) is 23.6 Å². The third-order valence-corrected chi connectivity index (χ3v) is 5.59. The minimum Gasteiger partial charge on any atom is -0.495 e. The highest BCUT2D eigenvalue weighted by Crippen LogP contribution is 2.35. The Balaban J connectivity index is 1.70. The van der Waals surface area contributed by atoms with Crippen molar-refractivity contribution in [2.75, 3.05) is 12.4 Å². The number of carbonyl (C=O) groups excluding carboxylic acids is 2. The number of halogens is 1. The van der Waals surface area contributed by atoms with Gasteiger partial charge < -0.3 is 10.1 Å². The van der Waals surface area contributed by atoms with Crippen LogP contribution in [0.5, 0.6) is 5.75 Å². The molecular weight excluding hydrogens is 410 g/mol. The molecule has 0 unspecified atom stereocenters. The van der Waals surface area contributed by atoms with Crippen LogP contribution >= 0.6 is 22.9 Å². The third kappa shape index (κ3) is 3.74. The first kappa shape index (κ1) is 19.2. The van der Waals surface area contributed by atoms with Gasteiger partial charge in [-0.05, 0) is 41.8 Å². The number of anilines is 1. The maximum absolute atomic E-state index is 13.1. The molecule has 8 heteroatoms. The molecule has 6 nitrogen and oxygen atoms in total. The van der Waals surface area contributed by atoms with Gasteiger partial charge in [-0.1, -0.05) is 23.7 Å². The SMILES string of the molecule is COc1ccc(NC2=C(c3cccs3)C(=O)N(Cc3ccccn3)C2=O)cc1Cl. The summed E-state index contributed by atoms with van der Waals surface area (Å²) in [6, 6.07) is 14.1. The van der Waals surface area contributed by atoms with E-state index in [4.69, 9.17) is 16.3 Å². The second kappa shape index (κ2) is 8.06. The van der Waals surface area contributed by atoms with E-state index < -0.39 is 5.91 Å². The van der Waals surface area contributed by atoms with Gasteiger partial charge in [0.15, 0.2) is 0 Å². The van der Waals surface area contributed by atoms with Crippen LogP contribution in [0.1, 0.15) is 10.6 Å². The summed E-state index contributed by atoms with van der Waals surface area (Å²) < 4.78 is 5.17. The lowest BCUT2D eigenvalue weighted by Gasteiger charge is -2.15. The normalized spacial score (nSPS) is 13.9. The fraction of sp³-hybridized carbons (Fsp3) is 0.0952. The fourth-order valence-corrected chi connectivity index (χ4v) is 4.05. The van der Waals surface area contributed by atoms with Crippen molar-refractivity contribution in [3.63, 3.8) is 0 Å². The molecule has 3 aromatic rings. The second-order valence-corrected chi connectivity index (χ2v) is 7.57. The molecule has 0 saturated carbocycles. The Bertz CT molecular complexity index is 1100. The number of rotatable bonds is 6. The number of imide groups is 1. The van der Waals surface area contributed by atoms with Gasteiger partial charge in [-0.15, -0.1) is 11.3 Å². The number of thiophene rings is 1. The molecular formula is C21H16ClN3O3S. The highest BCUT2D eigenvalue weighted by Gasteiger charge is 2.39. The largest absolute Gasteiger partial charge is 0.495 e. The van der Waals surface area contributed by atoms with E-state index in [1.165, 1.54) is 23.3 Å². The van der Waals surface area contributed by atoms with Crippen molar-refractivity contribution in [2.45, 2.75) is 6.54 Å². The zero-order valence-electron chi connectivity index (χ0n) is 15.4. The molecule has 4 rings (SSSR count).